The van der Waals surface area contributed by atoms with Gasteiger partial charge in [-0.1, -0.05) is 61.2 Å². The Balaban J connectivity index is 1.61. The minimum Gasteiger partial charge on any atom is -0.323 e. The number of benzene rings is 2. The number of aromatic nitrogens is 3. The Morgan fingerprint density at radius 1 is 1.07 bits per heavy atom. The van der Waals surface area contributed by atoms with Gasteiger partial charge in [-0.3, -0.25) is 4.79 Å². The smallest absolute Gasteiger partial charge is 0.234 e. The fourth-order valence-electron chi connectivity index (χ4n) is 2.84. The van der Waals surface area contributed by atoms with Gasteiger partial charge in [0.1, 0.15) is 11.6 Å². The first-order valence-electron chi connectivity index (χ1n) is 9.30. The van der Waals surface area contributed by atoms with Gasteiger partial charge < -0.3 is 9.88 Å². The summed E-state index contributed by atoms with van der Waals surface area (Å²) in [5.41, 5.74) is 1.44. The molecule has 2 aromatic carbocycles. The van der Waals surface area contributed by atoms with Gasteiger partial charge in [-0.25, -0.2) is 4.39 Å². The van der Waals surface area contributed by atoms with Crippen molar-refractivity contribution in [3.63, 3.8) is 0 Å². The molecule has 0 fully saturated rings. The van der Waals surface area contributed by atoms with E-state index in [-0.39, 0.29) is 17.3 Å². The summed E-state index contributed by atoms with van der Waals surface area (Å²) < 4.78 is 15.7. The molecule has 1 N–H and O–H groups in total. The summed E-state index contributed by atoms with van der Waals surface area (Å²) in [6, 6.07) is 16.4. The first kappa shape index (κ1) is 20.1. The van der Waals surface area contributed by atoms with E-state index in [9.17, 15) is 9.18 Å². The second-order valence-electron chi connectivity index (χ2n) is 6.35. The standard InChI is InChI=1S/C21H23FN4OS/c1-2-14-26-19(13-12-16-8-4-3-5-9-16)24-25-21(26)28-15-20(27)23-18-11-7-6-10-17(18)22/h3-11H,2,12-15H2,1H3,(H,23,27). The number of amides is 1. The molecule has 28 heavy (non-hydrogen) atoms. The Morgan fingerprint density at radius 2 is 1.82 bits per heavy atom. The van der Waals surface area contributed by atoms with Crippen LogP contribution >= 0.6 is 11.8 Å². The Bertz CT molecular complexity index is 914. The molecule has 0 atom stereocenters. The molecule has 0 saturated heterocycles. The predicted octanol–water partition coefficient (Wildman–Crippen LogP) is 4.34. The van der Waals surface area contributed by atoms with Crippen LogP contribution in [0.25, 0.3) is 0 Å². The van der Waals surface area contributed by atoms with Gasteiger partial charge in [0.25, 0.3) is 0 Å². The molecule has 1 amide bonds. The lowest BCUT2D eigenvalue weighted by Gasteiger charge is -2.09. The van der Waals surface area contributed by atoms with Gasteiger partial charge in [0.15, 0.2) is 5.16 Å². The lowest BCUT2D eigenvalue weighted by atomic mass is 10.1. The van der Waals surface area contributed by atoms with Crippen molar-refractivity contribution in [1.29, 1.82) is 0 Å². The van der Waals surface area contributed by atoms with Crippen LogP contribution in [-0.4, -0.2) is 26.4 Å². The number of hydrogen-bond acceptors (Lipinski definition) is 4. The van der Waals surface area contributed by atoms with Crippen molar-refractivity contribution >= 4 is 23.4 Å². The molecule has 3 aromatic rings. The number of thioether (sulfide) groups is 1. The molecule has 7 heteroatoms. The maximum atomic E-state index is 13.7. The summed E-state index contributed by atoms with van der Waals surface area (Å²) >= 11 is 1.32. The minimum absolute atomic E-state index is 0.148. The minimum atomic E-state index is -0.446. The van der Waals surface area contributed by atoms with Crippen LogP contribution in [-0.2, 0) is 24.2 Å². The maximum Gasteiger partial charge on any atom is 0.234 e. The Kier molecular flexibility index (Phi) is 7.19. The molecular weight excluding hydrogens is 375 g/mol. The van der Waals surface area contributed by atoms with Crippen molar-refractivity contribution in [3.05, 3.63) is 71.8 Å². The summed E-state index contributed by atoms with van der Waals surface area (Å²) in [7, 11) is 0. The number of carbonyl (C=O) groups is 1. The van der Waals surface area contributed by atoms with E-state index >= 15 is 0 Å². The SMILES string of the molecule is CCCn1c(CCc2ccccc2)nnc1SCC(=O)Nc1ccccc1F. The number of rotatable bonds is 9. The number of carbonyl (C=O) groups excluding carboxylic acids is 1. The largest absolute Gasteiger partial charge is 0.323 e. The zero-order valence-electron chi connectivity index (χ0n) is 15.8. The Labute approximate surface area is 168 Å². The molecule has 0 aliphatic heterocycles. The van der Waals surface area contributed by atoms with Crippen LogP contribution in [0.3, 0.4) is 0 Å². The van der Waals surface area contributed by atoms with E-state index in [1.54, 1.807) is 18.2 Å². The molecule has 0 unspecified atom stereocenters. The van der Waals surface area contributed by atoms with Crippen molar-refractivity contribution in [2.75, 3.05) is 11.1 Å². The second-order valence-corrected chi connectivity index (χ2v) is 7.30. The first-order valence-corrected chi connectivity index (χ1v) is 10.3. The fourth-order valence-corrected chi connectivity index (χ4v) is 3.62. The van der Waals surface area contributed by atoms with Crippen LogP contribution in [0, 0.1) is 5.82 Å². The third-order valence-electron chi connectivity index (χ3n) is 4.20. The lowest BCUT2D eigenvalue weighted by molar-refractivity contribution is -0.113. The van der Waals surface area contributed by atoms with E-state index in [1.165, 1.54) is 23.4 Å². The summed E-state index contributed by atoms with van der Waals surface area (Å²) in [5, 5.41) is 11.9. The zero-order chi connectivity index (χ0) is 19.8. The Morgan fingerprint density at radius 3 is 2.57 bits per heavy atom. The highest BCUT2D eigenvalue weighted by atomic mass is 32.2. The van der Waals surface area contributed by atoms with E-state index in [2.05, 4.69) is 39.1 Å². The number of para-hydroxylation sites is 1. The van der Waals surface area contributed by atoms with Gasteiger partial charge in [0, 0.05) is 13.0 Å². The second kappa shape index (κ2) is 10.0. The molecule has 1 aromatic heterocycles. The summed E-state index contributed by atoms with van der Waals surface area (Å²) in [4.78, 5) is 12.2. The lowest BCUT2D eigenvalue weighted by Crippen LogP contribution is -2.15. The quantitative estimate of drug-likeness (QED) is 0.545. The van der Waals surface area contributed by atoms with Crippen LogP contribution in [0.15, 0.2) is 59.8 Å². The van der Waals surface area contributed by atoms with Gasteiger partial charge in [0.05, 0.1) is 11.4 Å². The number of nitrogens with one attached hydrogen (secondary N) is 1. The van der Waals surface area contributed by atoms with Crippen LogP contribution < -0.4 is 5.32 Å². The van der Waals surface area contributed by atoms with E-state index < -0.39 is 5.82 Å². The highest BCUT2D eigenvalue weighted by Gasteiger charge is 2.14. The zero-order valence-corrected chi connectivity index (χ0v) is 16.6. The summed E-state index contributed by atoms with van der Waals surface area (Å²) in [5.74, 6) is 0.349. The molecule has 5 nitrogen and oxygen atoms in total. The molecule has 146 valence electrons. The van der Waals surface area contributed by atoms with Gasteiger partial charge in [-0.2, -0.15) is 0 Å². The number of anilines is 1. The molecular formula is C21H23FN4OS. The van der Waals surface area contributed by atoms with Gasteiger partial charge in [-0.15, -0.1) is 10.2 Å². The average Bonchev–Trinajstić information content (AvgIpc) is 3.09. The number of halogens is 1. The number of hydrogen-bond donors (Lipinski definition) is 1. The molecule has 0 saturated carbocycles. The average molecular weight is 399 g/mol. The van der Waals surface area contributed by atoms with Crippen molar-refractivity contribution in [3.8, 4) is 0 Å². The highest BCUT2D eigenvalue weighted by Crippen LogP contribution is 2.20. The van der Waals surface area contributed by atoms with Crippen LogP contribution in [0.2, 0.25) is 0 Å². The van der Waals surface area contributed by atoms with E-state index in [0.717, 1.165) is 31.6 Å². The van der Waals surface area contributed by atoms with Crippen LogP contribution in [0.5, 0.6) is 0 Å². The van der Waals surface area contributed by atoms with E-state index in [0.29, 0.717) is 5.16 Å². The predicted molar refractivity (Wildman–Crippen MR) is 110 cm³/mol. The highest BCUT2D eigenvalue weighted by molar-refractivity contribution is 7.99. The van der Waals surface area contributed by atoms with Crippen molar-refractivity contribution in [2.24, 2.45) is 0 Å². The first-order chi connectivity index (χ1) is 13.7. The summed E-state index contributed by atoms with van der Waals surface area (Å²) in [6.45, 7) is 2.90. The fraction of sp³-hybridized carbons (Fsp3) is 0.286. The molecule has 0 bridgehead atoms. The third-order valence-corrected chi connectivity index (χ3v) is 5.17. The van der Waals surface area contributed by atoms with Gasteiger partial charge in [0.2, 0.25) is 5.91 Å². The number of aryl methyl sites for hydroxylation is 2. The van der Waals surface area contributed by atoms with Crippen molar-refractivity contribution in [2.45, 2.75) is 37.9 Å². The molecule has 1 heterocycles. The maximum absolute atomic E-state index is 13.7. The molecule has 3 rings (SSSR count). The molecule has 0 radical (unpaired) electrons. The van der Waals surface area contributed by atoms with Crippen LogP contribution in [0.1, 0.15) is 24.7 Å². The third kappa shape index (κ3) is 5.42. The summed E-state index contributed by atoms with van der Waals surface area (Å²) in [6.07, 6.45) is 2.63. The topological polar surface area (TPSA) is 59.8 Å². The Hall–Kier alpha value is -2.67. The van der Waals surface area contributed by atoms with Gasteiger partial charge >= 0.3 is 0 Å². The normalized spacial score (nSPS) is 10.8. The van der Waals surface area contributed by atoms with E-state index in [4.69, 9.17) is 0 Å². The monoisotopic (exact) mass is 398 g/mol. The molecule has 0 spiro atoms. The van der Waals surface area contributed by atoms with Gasteiger partial charge in [-0.05, 0) is 30.5 Å². The van der Waals surface area contributed by atoms with Crippen LogP contribution in [0.4, 0.5) is 10.1 Å². The molecule has 0 aliphatic rings. The number of nitrogens with zero attached hydrogens (tertiary/aromatic N) is 3. The van der Waals surface area contributed by atoms with E-state index in [1.807, 2.05) is 18.2 Å². The van der Waals surface area contributed by atoms with Crippen molar-refractivity contribution in [1.82, 2.24) is 14.8 Å². The van der Waals surface area contributed by atoms with Crippen molar-refractivity contribution < 1.29 is 9.18 Å². The molecule has 0 aliphatic carbocycles.